The van der Waals surface area contributed by atoms with E-state index >= 15 is 0 Å². The molecule has 0 aliphatic rings. The van der Waals surface area contributed by atoms with Crippen LogP contribution in [0.25, 0.3) is 0 Å². The van der Waals surface area contributed by atoms with Gasteiger partial charge in [0.25, 0.3) is 0 Å². The van der Waals surface area contributed by atoms with Gasteiger partial charge in [-0.3, -0.25) is 0 Å². The van der Waals surface area contributed by atoms with Crippen molar-refractivity contribution < 1.29 is 0 Å². The third-order valence-electron chi connectivity index (χ3n) is 1.07. The first-order valence-electron chi connectivity index (χ1n) is 2.93. The van der Waals surface area contributed by atoms with Crippen molar-refractivity contribution in [3.8, 4) is 0 Å². The highest BCUT2D eigenvalue weighted by molar-refractivity contribution is 6.40. The second kappa shape index (κ2) is 3.22. The lowest BCUT2D eigenvalue weighted by molar-refractivity contribution is 0.884. The summed E-state index contributed by atoms with van der Waals surface area (Å²) < 4.78 is 0. The molecule has 0 atom stereocenters. The van der Waals surface area contributed by atoms with Crippen molar-refractivity contribution in [2.75, 3.05) is 0 Å². The molecular formula is C6H13N3. The van der Waals surface area contributed by atoms with Crippen molar-refractivity contribution in [3.63, 3.8) is 0 Å². The molecule has 0 radical (unpaired) electrons. The number of nitrogens with zero attached hydrogens (tertiary/aromatic N) is 1. The highest BCUT2D eigenvalue weighted by Crippen LogP contribution is 1.96. The molecule has 0 unspecified atom stereocenters. The van der Waals surface area contributed by atoms with E-state index in [-0.39, 0.29) is 5.92 Å². The van der Waals surface area contributed by atoms with E-state index < -0.39 is 0 Å². The molecule has 0 spiro atoms. The van der Waals surface area contributed by atoms with Crippen LogP contribution in [0.4, 0.5) is 0 Å². The summed E-state index contributed by atoms with van der Waals surface area (Å²) in [6.07, 6.45) is 0. The molecular weight excluding hydrogens is 114 g/mol. The second-order valence-electron chi connectivity index (χ2n) is 2.29. The van der Waals surface area contributed by atoms with Gasteiger partial charge in [0.2, 0.25) is 0 Å². The topological polar surface area (TPSA) is 62.2 Å². The van der Waals surface area contributed by atoms with E-state index in [1.807, 2.05) is 13.8 Å². The van der Waals surface area contributed by atoms with Crippen molar-refractivity contribution >= 4 is 11.4 Å². The first-order chi connectivity index (χ1) is 4.09. The average Bonchev–Trinajstić information content (AvgIpc) is 1.64. The molecule has 0 heterocycles. The van der Waals surface area contributed by atoms with E-state index in [9.17, 15) is 0 Å². The van der Waals surface area contributed by atoms with Gasteiger partial charge in [0, 0.05) is 0 Å². The number of rotatable bonds is 2. The zero-order valence-corrected chi connectivity index (χ0v) is 6.10. The summed E-state index contributed by atoms with van der Waals surface area (Å²) in [5.74, 6) is 5.28. The fourth-order valence-corrected chi connectivity index (χ4v) is 0.679. The van der Waals surface area contributed by atoms with Crippen LogP contribution < -0.4 is 5.84 Å². The van der Waals surface area contributed by atoms with Crippen molar-refractivity contribution in [1.29, 1.82) is 5.41 Å². The van der Waals surface area contributed by atoms with Gasteiger partial charge in [-0.25, -0.2) is 0 Å². The zero-order valence-electron chi connectivity index (χ0n) is 6.10. The predicted molar refractivity (Wildman–Crippen MR) is 39.9 cm³/mol. The smallest absolute Gasteiger partial charge is 0.0830 e. The summed E-state index contributed by atoms with van der Waals surface area (Å²) in [5, 5.41) is 10.7. The molecule has 0 aliphatic heterocycles. The Morgan fingerprint density at radius 1 is 1.56 bits per heavy atom. The summed E-state index contributed by atoms with van der Waals surface area (Å²) in [7, 11) is 0. The summed E-state index contributed by atoms with van der Waals surface area (Å²) in [6, 6.07) is 0. The normalized spacial score (nSPS) is 12.2. The van der Waals surface area contributed by atoms with Crippen LogP contribution in [0, 0.1) is 11.3 Å². The van der Waals surface area contributed by atoms with Crippen LogP contribution in [0.3, 0.4) is 0 Å². The molecule has 3 N–H and O–H groups in total. The Morgan fingerprint density at radius 2 is 2.00 bits per heavy atom. The SMILES string of the molecule is CC(=N)/C(=N\N)C(C)C. The Balaban J connectivity index is 4.19. The Labute approximate surface area is 55.5 Å². The molecule has 3 heteroatoms. The minimum Gasteiger partial charge on any atom is -0.323 e. The van der Waals surface area contributed by atoms with E-state index in [1.165, 1.54) is 0 Å². The maximum atomic E-state index is 7.17. The second-order valence-corrected chi connectivity index (χ2v) is 2.29. The number of nitrogens with one attached hydrogen (secondary N) is 1. The largest absolute Gasteiger partial charge is 0.323 e. The maximum absolute atomic E-state index is 7.17. The summed E-state index contributed by atoms with van der Waals surface area (Å²) >= 11 is 0. The van der Waals surface area contributed by atoms with E-state index in [0.29, 0.717) is 11.4 Å². The lowest BCUT2D eigenvalue weighted by Gasteiger charge is -2.04. The molecule has 0 rings (SSSR count). The van der Waals surface area contributed by atoms with Crippen molar-refractivity contribution in [3.05, 3.63) is 0 Å². The van der Waals surface area contributed by atoms with Crippen LogP contribution in [0.2, 0.25) is 0 Å². The highest BCUT2D eigenvalue weighted by atomic mass is 15.1. The van der Waals surface area contributed by atoms with Gasteiger partial charge < -0.3 is 11.3 Å². The van der Waals surface area contributed by atoms with E-state index in [1.54, 1.807) is 6.92 Å². The molecule has 0 bridgehead atoms. The number of hydrogen-bond donors (Lipinski definition) is 2. The van der Waals surface area contributed by atoms with Crippen LogP contribution in [-0.2, 0) is 0 Å². The first kappa shape index (κ1) is 8.14. The van der Waals surface area contributed by atoms with E-state index in [4.69, 9.17) is 11.3 Å². The predicted octanol–water partition coefficient (Wildman–Crippen LogP) is 0.997. The van der Waals surface area contributed by atoms with E-state index in [2.05, 4.69) is 5.10 Å². The lowest BCUT2D eigenvalue weighted by atomic mass is 10.1. The Hall–Kier alpha value is -0.860. The van der Waals surface area contributed by atoms with Gasteiger partial charge in [-0.1, -0.05) is 13.8 Å². The van der Waals surface area contributed by atoms with Gasteiger partial charge >= 0.3 is 0 Å². The van der Waals surface area contributed by atoms with Gasteiger partial charge in [0.15, 0.2) is 0 Å². The standard InChI is InChI=1S/C6H13N3/c1-4(2)6(9-8)5(3)7/h4,7H,8H2,1-3H3/b7-5?,9-6-. The van der Waals surface area contributed by atoms with Crippen molar-refractivity contribution in [2.24, 2.45) is 16.9 Å². The molecule has 0 saturated heterocycles. The monoisotopic (exact) mass is 127 g/mol. The minimum atomic E-state index is 0.257. The number of hydrogen-bond acceptors (Lipinski definition) is 3. The van der Waals surface area contributed by atoms with Gasteiger partial charge in [-0.15, -0.1) is 0 Å². The Kier molecular flexibility index (Phi) is 2.91. The van der Waals surface area contributed by atoms with Crippen LogP contribution in [0.5, 0.6) is 0 Å². The van der Waals surface area contributed by atoms with Gasteiger partial charge in [-0.2, -0.15) is 5.10 Å². The molecule has 9 heavy (non-hydrogen) atoms. The van der Waals surface area contributed by atoms with E-state index in [0.717, 1.165) is 0 Å². The molecule has 0 fully saturated rings. The van der Waals surface area contributed by atoms with Gasteiger partial charge in [0.05, 0.1) is 11.4 Å². The molecule has 52 valence electrons. The van der Waals surface area contributed by atoms with Crippen molar-refractivity contribution in [1.82, 2.24) is 0 Å². The molecule has 3 nitrogen and oxygen atoms in total. The molecule has 0 amide bonds. The minimum absolute atomic E-state index is 0.257. The van der Waals surface area contributed by atoms with Gasteiger partial charge in [-0.05, 0) is 12.8 Å². The van der Waals surface area contributed by atoms with Crippen LogP contribution in [0.1, 0.15) is 20.8 Å². The summed E-state index contributed by atoms with van der Waals surface area (Å²) in [4.78, 5) is 0. The Morgan fingerprint density at radius 3 is 2.00 bits per heavy atom. The van der Waals surface area contributed by atoms with Crippen LogP contribution in [-0.4, -0.2) is 11.4 Å². The van der Waals surface area contributed by atoms with Crippen molar-refractivity contribution in [2.45, 2.75) is 20.8 Å². The molecule has 0 saturated carbocycles. The fourth-order valence-electron chi connectivity index (χ4n) is 0.679. The van der Waals surface area contributed by atoms with Crippen LogP contribution >= 0.6 is 0 Å². The summed E-state index contributed by atoms with van der Waals surface area (Å²) in [6.45, 7) is 5.61. The Bertz CT molecular complexity index is 135. The highest BCUT2D eigenvalue weighted by Gasteiger charge is 2.05. The third kappa shape index (κ3) is 2.26. The number of hydrazone groups is 1. The fraction of sp³-hybridized carbons (Fsp3) is 0.667. The summed E-state index contributed by atoms with van der Waals surface area (Å²) in [5.41, 5.74) is 1.13. The van der Waals surface area contributed by atoms with Crippen LogP contribution in [0.15, 0.2) is 5.10 Å². The maximum Gasteiger partial charge on any atom is 0.0830 e. The number of nitrogens with two attached hydrogens (primary N) is 1. The first-order valence-corrected chi connectivity index (χ1v) is 2.93. The third-order valence-corrected chi connectivity index (χ3v) is 1.07. The molecule has 0 aliphatic carbocycles. The molecule has 0 aromatic carbocycles. The average molecular weight is 127 g/mol. The zero-order chi connectivity index (χ0) is 7.44. The quantitative estimate of drug-likeness (QED) is 0.324. The lowest BCUT2D eigenvalue weighted by Crippen LogP contribution is -2.17. The van der Waals surface area contributed by atoms with Gasteiger partial charge in [0.1, 0.15) is 0 Å². The molecule has 0 aromatic heterocycles. The molecule has 0 aromatic rings.